The number of hydrogen-bond acceptors (Lipinski definition) is 2. The van der Waals surface area contributed by atoms with Gasteiger partial charge in [0.2, 0.25) is 5.91 Å². The third-order valence-corrected chi connectivity index (χ3v) is 2.86. The van der Waals surface area contributed by atoms with Gasteiger partial charge in [0.05, 0.1) is 0 Å². The summed E-state index contributed by atoms with van der Waals surface area (Å²) < 4.78 is 0. The quantitative estimate of drug-likeness (QED) is 0.701. The number of halogens is 1. The Balaban J connectivity index is 2.13. The van der Waals surface area contributed by atoms with Gasteiger partial charge in [-0.25, -0.2) is 0 Å². The number of amides is 1. The lowest BCUT2D eigenvalue weighted by atomic mass is 10.1. The van der Waals surface area contributed by atoms with Crippen LogP contribution in [0.15, 0.2) is 0 Å². The van der Waals surface area contributed by atoms with E-state index in [-0.39, 0.29) is 11.8 Å². The van der Waals surface area contributed by atoms with Crippen LogP contribution in [0.25, 0.3) is 0 Å². The Kier molecular flexibility index (Phi) is 5.26. The Bertz CT molecular complexity index is 187. The largest absolute Gasteiger partial charge is 0.355 e. The number of carbonyl (C=O) groups is 1. The summed E-state index contributed by atoms with van der Waals surface area (Å²) >= 11 is 5.39. The SMILES string of the molecule is CCCN1CCC(CNC(=O)CCl)C1. The first kappa shape index (κ1) is 11.8. The van der Waals surface area contributed by atoms with E-state index < -0.39 is 0 Å². The highest BCUT2D eigenvalue weighted by atomic mass is 35.5. The van der Waals surface area contributed by atoms with Crippen LogP contribution >= 0.6 is 11.6 Å². The Morgan fingerprint density at radius 1 is 1.64 bits per heavy atom. The van der Waals surface area contributed by atoms with Crippen molar-refractivity contribution in [2.24, 2.45) is 5.92 Å². The van der Waals surface area contributed by atoms with Gasteiger partial charge in [0.15, 0.2) is 0 Å². The van der Waals surface area contributed by atoms with Gasteiger partial charge in [-0.2, -0.15) is 0 Å². The smallest absolute Gasteiger partial charge is 0.234 e. The minimum Gasteiger partial charge on any atom is -0.355 e. The topological polar surface area (TPSA) is 32.3 Å². The molecular formula is C10H19ClN2O. The summed E-state index contributed by atoms with van der Waals surface area (Å²) in [5.74, 6) is 0.639. The zero-order valence-electron chi connectivity index (χ0n) is 8.76. The van der Waals surface area contributed by atoms with E-state index in [1.807, 2.05) is 0 Å². The monoisotopic (exact) mass is 218 g/mol. The second-order valence-corrected chi connectivity index (χ2v) is 4.16. The number of hydrogen-bond donors (Lipinski definition) is 1. The molecule has 4 heteroatoms. The summed E-state index contributed by atoms with van der Waals surface area (Å²) in [7, 11) is 0. The van der Waals surface area contributed by atoms with Crippen LogP contribution in [0, 0.1) is 5.92 Å². The van der Waals surface area contributed by atoms with Gasteiger partial charge < -0.3 is 10.2 Å². The summed E-state index contributed by atoms with van der Waals surface area (Å²) in [6.45, 7) is 6.46. The summed E-state index contributed by atoms with van der Waals surface area (Å²) in [6, 6.07) is 0. The molecule has 0 aromatic rings. The molecule has 1 fully saturated rings. The highest BCUT2D eigenvalue weighted by Crippen LogP contribution is 2.15. The van der Waals surface area contributed by atoms with Gasteiger partial charge in [0.1, 0.15) is 5.88 Å². The molecule has 1 amide bonds. The molecule has 14 heavy (non-hydrogen) atoms. The average molecular weight is 219 g/mol. The van der Waals surface area contributed by atoms with Crippen LogP contribution in [0.1, 0.15) is 19.8 Å². The zero-order chi connectivity index (χ0) is 10.4. The number of alkyl halides is 1. The second kappa shape index (κ2) is 6.25. The summed E-state index contributed by atoms with van der Waals surface area (Å²) in [5, 5.41) is 2.84. The molecule has 0 aromatic carbocycles. The van der Waals surface area contributed by atoms with E-state index in [9.17, 15) is 4.79 Å². The predicted molar refractivity (Wildman–Crippen MR) is 58.6 cm³/mol. The van der Waals surface area contributed by atoms with E-state index in [4.69, 9.17) is 11.6 Å². The van der Waals surface area contributed by atoms with Crippen LogP contribution in [0.2, 0.25) is 0 Å². The molecule has 0 radical (unpaired) electrons. The van der Waals surface area contributed by atoms with Crippen LogP contribution in [0.5, 0.6) is 0 Å². The Labute approximate surface area is 90.8 Å². The Morgan fingerprint density at radius 2 is 2.43 bits per heavy atom. The molecule has 1 unspecified atom stereocenters. The molecular weight excluding hydrogens is 200 g/mol. The first-order chi connectivity index (χ1) is 6.76. The van der Waals surface area contributed by atoms with Crippen molar-refractivity contribution in [3.8, 4) is 0 Å². The molecule has 1 N–H and O–H groups in total. The van der Waals surface area contributed by atoms with E-state index in [1.54, 1.807) is 0 Å². The standard InChI is InChI=1S/C10H19ClN2O/c1-2-4-13-5-3-9(8-13)7-12-10(14)6-11/h9H,2-8H2,1H3,(H,12,14). The van der Waals surface area contributed by atoms with E-state index >= 15 is 0 Å². The highest BCUT2D eigenvalue weighted by Gasteiger charge is 2.21. The van der Waals surface area contributed by atoms with Crippen molar-refractivity contribution in [1.82, 2.24) is 10.2 Å². The van der Waals surface area contributed by atoms with E-state index in [0.717, 1.165) is 13.1 Å². The number of likely N-dealkylation sites (tertiary alicyclic amines) is 1. The van der Waals surface area contributed by atoms with E-state index in [0.29, 0.717) is 5.92 Å². The molecule has 1 aliphatic rings. The van der Waals surface area contributed by atoms with Gasteiger partial charge in [-0.15, -0.1) is 11.6 Å². The first-order valence-corrected chi connectivity index (χ1v) is 5.84. The molecule has 0 aromatic heterocycles. The molecule has 1 saturated heterocycles. The van der Waals surface area contributed by atoms with Crippen molar-refractivity contribution < 1.29 is 4.79 Å². The minimum absolute atomic E-state index is 0.0550. The van der Waals surface area contributed by atoms with Crippen LogP contribution < -0.4 is 5.32 Å². The molecule has 1 aliphatic heterocycles. The fraction of sp³-hybridized carbons (Fsp3) is 0.900. The molecule has 0 saturated carbocycles. The number of rotatable bonds is 5. The van der Waals surface area contributed by atoms with E-state index in [1.165, 1.54) is 25.9 Å². The van der Waals surface area contributed by atoms with Crippen molar-refractivity contribution in [3.05, 3.63) is 0 Å². The van der Waals surface area contributed by atoms with Gasteiger partial charge in [-0.05, 0) is 31.8 Å². The summed E-state index contributed by atoms with van der Waals surface area (Å²) in [5.41, 5.74) is 0. The van der Waals surface area contributed by atoms with E-state index in [2.05, 4.69) is 17.1 Å². The fourth-order valence-corrected chi connectivity index (χ4v) is 2.00. The van der Waals surface area contributed by atoms with Crippen molar-refractivity contribution in [3.63, 3.8) is 0 Å². The number of nitrogens with zero attached hydrogens (tertiary/aromatic N) is 1. The average Bonchev–Trinajstić information content (AvgIpc) is 2.63. The Hall–Kier alpha value is -0.280. The Morgan fingerprint density at radius 3 is 3.07 bits per heavy atom. The molecule has 0 spiro atoms. The van der Waals surface area contributed by atoms with Crippen LogP contribution in [-0.4, -0.2) is 42.9 Å². The van der Waals surface area contributed by atoms with Crippen LogP contribution in [0.3, 0.4) is 0 Å². The maximum absolute atomic E-state index is 10.9. The third-order valence-electron chi connectivity index (χ3n) is 2.62. The maximum atomic E-state index is 10.9. The van der Waals surface area contributed by atoms with Gasteiger partial charge >= 0.3 is 0 Å². The van der Waals surface area contributed by atoms with Gasteiger partial charge in [0, 0.05) is 13.1 Å². The number of nitrogens with one attached hydrogen (secondary N) is 1. The number of carbonyl (C=O) groups excluding carboxylic acids is 1. The highest BCUT2D eigenvalue weighted by molar-refractivity contribution is 6.27. The minimum atomic E-state index is -0.0550. The van der Waals surface area contributed by atoms with Crippen molar-refractivity contribution in [1.29, 1.82) is 0 Å². The molecule has 0 aliphatic carbocycles. The lowest BCUT2D eigenvalue weighted by molar-refractivity contribution is -0.118. The van der Waals surface area contributed by atoms with Crippen molar-refractivity contribution in [2.45, 2.75) is 19.8 Å². The lowest BCUT2D eigenvalue weighted by Crippen LogP contribution is -2.31. The summed E-state index contributed by atoms with van der Waals surface area (Å²) in [4.78, 5) is 13.4. The van der Waals surface area contributed by atoms with Crippen molar-refractivity contribution in [2.75, 3.05) is 32.1 Å². The van der Waals surface area contributed by atoms with Gasteiger partial charge in [-0.3, -0.25) is 4.79 Å². The maximum Gasteiger partial charge on any atom is 0.234 e. The van der Waals surface area contributed by atoms with Crippen LogP contribution in [-0.2, 0) is 4.79 Å². The molecule has 1 atom stereocenters. The molecule has 82 valence electrons. The second-order valence-electron chi connectivity index (χ2n) is 3.89. The fourth-order valence-electron chi connectivity index (χ4n) is 1.90. The normalized spacial score (nSPS) is 22.6. The lowest BCUT2D eigenvalue weighted by Gasteiger charge is -2.14. The third kappa shape index (κ3) is 3.84. The van der Waals surface area contributed by atoms with Gasteiger partial charge in [0.25, 0.3) is 0 Å². The first-order valence-electron chi connectivity index (χ1n) is 5.31. The van der Waals surface area contributed by atoms with Gasteiger partial charge in [-0.1, -0.05) is 6.92 Å². The summed E-state index contributed by atoms with van der Waals surface area (Å²) in [6.07, 6.45) is 2.41. The van der Waals surface area contributed by atoms with Crippen molar-refractivity contribution >= 4 is 17.5 Å². The zero-order valence-corrected chi connectivity index (χ0v) is 9.52. The molecule has 0 bridgehead atoms. The molecule has 3 nitrogen and oxygen atoms in total. The molecule has 1 heterocycles. The predicted octanol–water partition coefficient (Wildman–Crippen LogP) is 1.07. The van der Waals surface area contributed by atoms with Crippen LogP contribution in [0.4, 0.5) is 0 Å². The molecule has 1 rings (SSSR count).